The van der Waals surface area contributed by atoms with Gasteiger partial charge in [-0.15, -0.1) is 8.78 Å². The van der Waals surface area contributed by atoms with E-state index in [1.54, 1.807) is 12.1 Å². The Kier molecular flexibility index (Phi) is 3.84. The fourth-order valence-electron chi connectivity index (χ4n) is 2.07. The molecule has 0 fully saturated rings. The molecule has 1 aliphatic rings. The van der Waals surface area contributed by atoms with Crippen molar-refractivity contribution in [1.29, 1.82) is 0 Å². The maximum absolute atomic E-state index is 13.0. The standard InChI is InChI=1S/C15H12F2N2O5/c1-21-12-6-4-9(14(19-12)22-2)18-13(20)8-3-5-10-11(7-8)24-15(16,17)23-10/h3-7H,1-2H3,(H,18,20). The van der Waals surface area contributed by atoms with E-state index in [9.17, 15) is 13.6 Å². The van der Waals surface area contributed by atoms with Gasteiger partial charge < -0.3 is 24.3 Å². The van der Waals surface area contributed by atoms with Crippen LogP contribution in [0.25, 0.3) is 0 Å². The van der Waals surface area contributed by atoms with Gasteiger partial charge in [-0.05, 0) is 24.3 Å². The zero-order chi connectivity index (χ0) is 17.3. The zero-order valence-corrected chi connectivity index (χ0v) is 12.6. The second kappa shape index (κ2) is 5.84. The van der Waals surface area contributed by atoms with E-state index >= 15 is 0 Å². The Balaban J connectivity index is 1.82. The molecule has 0 radical (unpaired) electrons. The molecule has 126 valence electrons. The van der Waals surface area contributed by atoms with Gasteiger partial charge in [-0.1, -0.05) is 0 Å². The number of ether oxygens (including phenoxy) is 4. The van der Waals surface area contributed by atoms with Crippen molar-refractivity contribution >= 4 is 11.6 Å². The first-order valence-electron chi connectivity index (χ1n) is 6.72. The minimum Gasteiger partial charge on any atom is -0.481 e. The molecule has 0 spiro atoms. The lowest BCUT2D eigenvalue weighted by molar-refractivity contribution is -0.286. The molecule has 1 aliphatic heterocycles. The molecule has 0 unspecified atom stereocenters. The van der Waals surface area contributed by atoms with Crippen molar-refractivity contribution in [3.63, 3.8) is 0 Å². The van der Waals surface area contributed by atoms with E-state index in [4.69, 9.17) is 9.47 Å². The SMILES string of the molecule is COc1ccc(NC(=O)c2ccc3c(c2)OC(F)(F)O3)c(OC)n1. The lowest BCUT2D eigenvalue weighted by Crippen LogP contribution is -2.25. The lowest BCUT2D eigenvalue weighted by atomic mass is 10.2. The number of halogens is 2. The van der Waals surface area contributed by atoms with E-state index in [-0.39, 0.29) is 22.9 Å². The van der Waals surface area contributed by atoms with Crippen LogP contribution in [0.3, 0.4) is 0 Å². The van der Waals surface area contributed by atoms with Crippen LogP contribution in [0.2, 0.25) is 0 Å². The Labute approximate surface area is 135 Å². The van der Waals surface area contributed by atoms with Crippen LogP contribution in [0.4, 0.5) is 14.5 Å². The van der Waals surface area contributed by atoms with E-state index in [0.717, 1.165) is 6.07 Å². The molecule has 0 saturated carbocycles. The number of nitrogens with one attached hydrogen (secondary N) is 1. The Morgan fingerprint density at radius 1 is 1.12 bits per heavy atom. The van der Waals surface area contributed by atoms with Crippen LogP contribution in [0.15, 0.2) is 30.3 Å². The molecular weight excluding hydrogens is 326 g/mol. The predicted molar refractivity (Wildman–Crippen MR) is 77.9 cm³/mol. The van der Waals surface area contributed by atoms with Gasteiger partial charge in [-0.3, -0.25) is 4.79 Å². The summed E-state index contributed by atoms with van der Waals surface area (Å²) in [6.45, 7) is 0. The molecule has 9 heteroatoms. The Morgan fingerprint density at radius 3 is 2.58 bits per heavy atom. The van der Waals surface area contributed by atoms with Crippen molar-refractivity contribution in [2.24, 2.45) is 0 Å². The van der Waals surface area contributed by atoms with E-state index in [0.29, 0.717) is 11.6 Å². The Morgan fingerprint density at radius 2 is 1.88 bits per heavy atom. The fourth-order valence-corrected chi connectivity index (χ4v) is 2.07. The van der Waals surface area contributed by atoms with Crippen LogP contribution in [-0.2, 0) is 0 Å². The topological polar surface area (TPSA) is 78.9 Å². The number of amides is 1. The van der Waals surface area contributed by atoms with Crippen LogP contribution in [0.1, 0.15) is 10.4 Å². The molecule has 24 heavy (non-hydrogen) atoms. The molecule has 1 aromatic heterocycles. The van der Waals surface area contributed by atoms with E-state index in [1.807, 2.05) is 0 Å². The fraction of sp³-hybridized carbons (Fsp3) is 0.200. The molecule has 1 aromatic carbocycles. The molecule has 0 bridgehead atoms. The summed E-state index contributed by atoms with van der Waals surface area (Å²) >= 11 is 0. The highest BCUT2D eigenvalue weighted by Gasteiger charge is 2.43. The van der Waals surface area contributed by atoms with Gasteiger partial charge in [0.15, 0.2) is 11.5 Å². The van der Waals surface area contributed by atoms with E-state index in [1.165, 1.54) is 26.4 Å². The second-order valence-electron chi connectivity index (χ2n) is 4.69. The minimum absolute atomic E-state index is 0.105. The molecule has 0 aliphatic carbocycles. The van der Waals surface area contributed by atoms with Crippen LogP contribution in [0.5, 0.6) is 23.3 Å². The molecule has 2 heterocycles. The maximum atomic E-state index is 13.0. The number of nitrogens with zero attached hydrogens (tertiary/aromatic N) is 1. The molecule has 1 N–H and O–H groups in total. The summed E-state index contributed by atoms with van der Waals surface area (Å²) in [6, 6.07) is 6.81. The molecular formula is C15H12F2N2O5. The first kappa shape index (κ1) is 15.8. The predicted octanol–water partition coefficient (Wildman–Crippen LogP) is 2.67. The van der Waals surface area contributed by atoms with E-state index < -0.39 is 12.2 Å². The highest BCUT2D eigenvalue weighted by Crippen LogP contribution is 2.41. The smallest absolute Gasteiger partial charge is 0.481 e. The summed E-state index contributed by atoms with van der Waals surface area (Å²) in [6.07, 6.45) is -3.74. The van der Waals surface area contributed by atoms with Crippen molar-refractivity contribution in [2.45, 2.75) is 6.29 Å². The summed E-state index contributed by atoms with van der Waals surface area (Å²) < 4.78 is 44.7. The van der Waals surface area contributed by atoms with Crippen LogP contribution < -0.4 is 24.3 Å². The number of hydrogen-bond acceptors (Lipinski definition) is 6. The highest BCUT2D eigenvalue weighted by molar-refractivity contribution is 6.05. The number of carbonyl (C=O) groups excluding carboxylic acids is 1. The molecule has 0 atom stereocenters. The van der Waals surface area contributed by atoms with E-state index in [2.05, 4.69) is 19.8 Å². The lowest BCUT2D eigenvalue weighted by Gasteiger charge is -2.10. The van der Waals surface area contributed by atoms with Gasteiger partial charge in [-0.25, -0.2) is 0 Å². The number of benzene rings is 1. The number of rotatable bonds is 4. The average molecular weight is 338 g/mol. The summed E-state index contributed by atoms with van der Waals surface area (Å²) in [5, 5.41) is 2.58. The zero-order valence-electron chi connectivity index (χ0n) is 12.6. The summed E-state index contributed by atoms with van der Waals surface area (Å²) in [7, 11) is 2.84. The summed E-state index contributed by atoms with van der Waals surface area (Å²) in [5.74, 6) is -0.445. The largest absolute Gasteiger partial charge is 0.586 e. The normalized spacial score (nSPS) is 14.2. The number of aromatic nitrogens is 1. The van der Waals surface area contributed by atoms with Crippen molar-refractivity contribution in [3.05, 3.63) is 35.9 Å². The number of anilines is 1. The van der Waals surface area contributed by atoms with Crippen molar-refractivity contribution in [2.75, 3.05) is 19.5 Å². The number of fused-ring (bicyclic) bond motifs is 1. The van der Waals surface area contributed by atoms with Crippen molar-refractivity contribution in [3.8, 4) is 23.3 Å². The number of carbonyl (C=O) groups is 1. The monoisotopic (exact) mass is 338 g/mol. The van der Waals surface area contributed by atoms with Gasteiger partial charge in [0, 0.05) is 11.6 Å². The van der Waals surface area contributed by atoms with Crippen LogP contribution in [-0.4, -0.2) is 31.4 Å². The van der Waals surface area contributed by atoms with Crippen molar-refractivity contribution in [1.82, 2.24) is 4.98 Å². The summed E-state index contributed by atoms with van der Waals surface area (Å²) in [5.41, 5.74) is 0.402. The third-order valence-corrected chi connectivity index (χ3v) is 3.15. The van der Waals surface area contributed by atoms with Gasteiger partial charge in [0.25, 0.3) is 5.91 Å². The van der Waals surface area contributed by atoms with Crippen LogP contribution in [0, 0.1) is 0 Å². The number of alkyl halides is 2. The minimum atomic E-state index is -3.74. The Bertz CT molecular complexity index is 797. The average Bonchev–Trinajstić information content (AvgIpc) is 2.87. The quantitative estimate of drug-likeness (QED) is 0.923. The molecule has 1 amide bonds. The maximum Gasteiger partial charge on any atom is 0.586 e. The molecule has 7 nitrogen and oxygen atoms in total. The van der Waals surface area contributed by atoms with Gasteiger partial charge >= 0.3 is 6.29 Å². The third kappa shape index (κ3) is 3.00. The number of methoxy groups -OCH3 is 2. The second-order valence-corrected chi connectivity index (χ2v) is 4.69. The van der Waals surface area contributed by atoms with Crippen molar-refractivity contribution < 1.29 is 32.5 Å². The van der Waals surface area contributed by atoms with Gasteiger partial charge in [0.1, 0.15) is 5.69 Å². The molecule has 2 aromatic rings. The van der Waals surface area contributed by atoms with Gasteiger partial charge in [0.2, 0.25) is 11.8 Å². The van der Waals surface area contributed by atoms with Gasteiger partial charge in [0.05, 0.1) is 14.2 Å². The summed E-state index contributed by atoms with van der Waals surface area (Å²) in [4.78, 5) is 16.3. The first-order valence-corrected chi connectivity index (χ1v) is 6.72. The Hall–Kier alpha value is -3.10. The molecule has 0 saturated heterocycles. The number of pyridine rings is 1. The first-order chi connectivity index (χ1) is 11.4. The molecule has 3 rings (SSSR count). The number of hydrogen-bond donors (Lipinski definition) is 1. The third-order valence-electron chi connectivity index (χ3n) is 3.15. The van der Waals surface area contributed by atoms with Gasteiger partial charge in [-0.2, -0.15) is 4.98 Å². The highest BCUT2D eigenvalue weighted by atomic mass is 19.3. The van der Waals surface area contributed by atoms with Crippen LogP contribution >= 0.6 is 0 Å².